The number of esters is 2. The summed E-state index contributed by atoms with van der Waals surface area (Å²) < 4.78 is 9.88. The maximum atomic E-state index is 11.4. The van der Waals surface area contributed by atoms with E-state index in [1.165, 1.54) is 0 Å². The van der Waals surface area contributed by atoms with Gasteiger partial charge < -0.3 is 9.47 Å². The molecule has 0 saturated heterocycles. The van der Waals surface area contributed by atoms with Crippen LogP contribution in [0.15, 0.2) is 5.10 Å². The Balaban J connectivity index is 2.24. The van der Waals surface area contributed by atoms with E-state index in [-0.39, 0.29) is 11.9 Å². The van der Waals surface area contributed by atoms with Crippen LogP contribution in [0.5, 0.6) is 0 Å². The maximum Gasteiger partial charge on any atom is 0.305 e. The quantitative estimate of drug-likeness (QED) is 0.431. The van der Waals surface area contributed by atoms with Crippen molar-refractivity contribution in [2.75, 3.05) is 20.3 Å². The number of carbonyl (C=O) groups excluding carboxylic acids is 2. The number of hydrazone groups is 1. The van der Waals surface area contributed by atoms with Crippen molar-refractivity contribution in [3.8, 4) is 0 Å². The van der Waals surface area contributed by atoms with Gasteiger partial charge in [-0.1, -0.05) is 6.42 Å². The molecule has 6 heteroatoms. The summed E-state index contributed by atoms with van der Waals surface area (Å²) in [4.78, 5) is 22.7. The highest BCUT2D eigenvalue weighted by Gasteiger charge is 2.27. The molecule has 0 radical (unpaired) electrons. The van der Waals surface area contributed by atoms with Gasteiger partial charge in [0.05, 0.1) is 19.3 Å². The van der Waals surface area contributed by atoms with E-state index in [2.05, 4.69) is 5.10 Å². The molecule has 23 heavy (non-hydrogen) atoms. The molecule has 2 atom stereocenters. The second-order valence-electron chi connectivity index (χ2n) is 5.82. The number of rotatable bonds is 11. The average molecular weight is 326 g/mol. The zero-order valence-corrected chi connectivity index (χ0v) is 14.6. The number of unbranched alkanes of at least 4 members (excludes halogenated alkanes) is 1. The Morgan fingerprint density at radius 2 is 1.61 bits per heavy atom. The van der Waals surface area contributed by atoms with Crippen LogP contribution in [0.4, 0.5) is 0 Å². The summed E-state index contributed by atoms with van der Waals surface area (Å²) in [5, 5.41) is 6.38. The third-order valence-electron chi connectivity index (χ3n) is 4.07. The van der Waals surface area contributed by atoms with Gasteiger partial charge in [0.1, 0.15) is 0 Å². The largest absolute Gasteiger partial charge is 0.466 e. The van der Waals surface area contributed by atoms with E-state index in [9.17, 15) is 9.59 Å². The minimum absolute atomic E-state index is 0.116. The molecule has 0 aromatic carbocycles. The molecule has 2 unspecified atom stereocenters. The second-order valence-corrected chi connectivity index (χ2v) is 5.82. The normalized spacial score (nSPS) is 19.9. The molecule has 1 rings (SSSR count). The summed E-state index contributed by atoms with van der Waals surface area (Å²) in [6.45, 7) is 4.53. The summed E-state index contributed by atoms with van der Waals surface area (Å²) in [7, 11) is 1.98. The number of hydrogen-bond acceptors (Lipinski definition) is 6. The van der Waals surface area contributed by atoms with Crippen LogP contribution in [0.3, 0.4) is 0 Å². The van der Waals surface area contributed by atoms with Crippen LogP contribution < -0.4 is 0 Å². The SMILES string of the molecule is CCOC(=O)CCCCC1C(CCCC(=O)OCC)C=NN1C. The summed E-state index contributed by atoms with van der Waals surface area (Å²) in [5.41, 5.74) is 0. The fourth-order valence-electron chi connectivity index (χ4n) is 2.89. The van der Waals surface area contributed by atoms with Gasteiger partial charge in [-0.05, 0) is 39.5 Å². The Hall–Kier alpha value is -1.59. The van der Waals surface area contributed by atoms with E-state index in [0.29, 0.717) is 38.0 Å². The average Bonchev–Trinajstić information content (AvgIpc) is 2.85. The van der Waals surface area contributed by atoms with Gasteiger partial charge in [0.15, 0.2) is 0 Å². The van der Waals surface area contributed by atoms with Crippen molar-refractivity contribution in [3.63, 3.8) is 0 Å². The number of nitrogens with zero attached hydrogens (tertiary/aromatic N) is 2. The van der Waals surface area contributed by atoms with Crippen LogP contribution in [0.1, 0.15) is 58.8 Å². The molecule has 0 fully saturated rings. The molecule has 1 aliphatic rings. The first-order chi connectivity index (χ1) is 11.1. The van der Waals surface area contributed by atoms with Gasteiger partial charge in [0, 0.05) is 32.0 Å². The molecule has 0 bridgehead atoms. The Morgan fingerprint density at radius 3 is 2.22 bits per heavy atom. The van der Waals surface area contributed by atoms with Crippen molar-refractivity contribution in [2.45, 2.75) is 64.8 Å². The van der Waals surface area contributed by atoms with E-state index >= 15 is 0 Å². The second kappa shape index (κ2) is 11.0. The molecule has 0 N–H and O–H groups in total. The van der Waals surface area contributed by atoms with Crippen LogP contribution in [0, 0.1) is 5.92 Å². The summed E-state index contributed by atoms with van der Waals surface area (Å²) >= 11 is 0. The fraction of sp³-hybridized carbons (Fsp3) is 0.824. The third kappa shape index (κ3) is 7.48. The number of hydrogen-bond donors (Lipinski definition) is 0. The highest BCUT2D eigenvalue weighted by atomic mass is 16.5. The topological polar surface area (TPSA) is 68.2 Å². The van der Waals surface area contributed by atoms with Crippen LogP contribution in [0.2, 0.25) is 0 Å². The molecular formula is C17H30N2O4. The highest BCUT2D eigenvalue weighted by molar-refractivity contribution is 5.69. The van der Waals surface area contributed by atoms with Gasteiger partial charge in [-0.3, -0.25) is 14.6 Å². The molecule has 1 heterocycles. The smallest absolute Gasteiger partial charge is 0.305 e. The van der Waals surface area contributed by atoms with Gasteiger partial charge in [0.25, 0.3) is 0 Å². The Labute approximate surface area is 139 Å². The van der Waals surface area contributed by atoms with E-state index in [1.54, 1.807) is 0 Å². The molecule has 6 nitrogen and oxygen atoms in total. The fourth-order valence-corrected chi connectivity index (χ4v) is 2.89. The van der Waals surface area contributed by atoms with E-state index in [1.807, 2.05) is 32.1 Å². The monoisotopic (exact) mass is 326 g/mol. The van der Waals surface area contributed by atoms with Crippen LogP contribution in [0.25, 0.3) is 0 Å². The van der Waals surface area contributed by atoms with Crippen molar-refractivity contribution in [2.24, 2.45) is 11.0 Å². The van der Waals surface area contributed by atoms with Crippen molar-refractivity contribution in [3.05, 3.63) is 0 Å². The lowest BCUT2D eigenvalue weighted by Crippen LogP contribution is -2.29. The highest BCUT2D eigenvalue weighted by Crippen LogP contribution is 2.25. The zero-order chi connectivity index (χ0) is 17.1. The molecule has 0 aromatic heterocycles. The van der Waals surface area contributed by atoms with Crippen molar-refractivity contribution in [1.82, 2.24) is 5.01 Å². The first kappa shape index (κ1) is 19.5. The number of carbonyl (C=O) groups is 2. The lowest BCUT2D eigenvalue weighted by Gasteiger charge is -2.24. The molecule has 0 saturated carbocycles. The van der Waals surface area contributed by atoms with Crippen LogP contribution in [-0.4, -0.2) is 49.5 Å². The predicted molar refractivity (Wildman–Crippen MR) is 89.1 cm³/mol. The predicted octanol–water partition coefficient (Wildman–Crippen LogP) is 2.76. The summed E-state index contributed by atoms with van der Waals surface area (Å²) in [6.07, 6.45) is 7.53. The van der Waals surface area contributed by atoms with Crippen molar-refractivity contribution in [1.29, 1.82) is 0 Å². The van der Waals surface area contributed by atoms with E-state index in [4.69, 9.17) is 9.47 Å². The molecule has 0 amide bonds. The Morgan fingerprint density at radius 1 is 1.00 bits per heavy atom. The minimum atomic E-state index is -0.123. The van der Waals surface area contributed by atoms with Gasteiger partial charge in [0.2, 0.25) is 0 Å². The zero-order valence-electron chi connectivity index (χ0n) is 14.6. The van der Waals surface area contributed by atoms with Crippen molar-refractivity contribution >= 4 is 18.2 Å². The maximum absolute atomic E-state index is 11.4. The summed E-state index contributed by atoms with van der Waals surface area (Å²) in [6, 6.07) is 0.361. The van der Waals surface area contributed by atoms with E-state index in [0.717, 1.165) is 32.1 Å². The first-order valence-electron chi connectivity index (χ1n) is 8.66. The van der Waals surface area contributed by atoms with Crippen LogP contribution in [-0.2, 0) is 19.1 Å². The van der Waals surface area contributed by atoms with Crippen molar-refractivity contribution < 1.29 is 19.1 Å². The van der Waals surface area contributed by atoms with Crippen LogP contribution >= 0.6 is 0 Å². The standard InChI is InChI=1S/C17H30N2O4/c1-4-22-16(20)11-7-6-10-15-14(13-18-19(15)3)9-8-12-17(21)23-5-2/h13-15H,4-12H2,1-3H3. The molecule has 132 valence electrons. The van der Waals surface area contributed by atoms with Gasteiger partial charge in [-0.15, -0.1) is 0 Å². The van der Waals surface area contributed by atoms with Gasteiger partial charge in [-0.2, -0.15) is 5.10 Å². The first-order valence-corrected chi connectivity index (χ1v) is 8.66. The molecule has 0 spiro atoms. The summed E-state index contributed by atoms with van der Waals surface area (Å²) in [5.74, 6) is 0.133. The molecule has 1 aliphatic heterocycles. The Bertz CT molecular complexity index is 398. The third-order valence-corrected chi connectivity index (χ3v) is 4.07. The Kier molecular flexibility index (Phi) is 9.33. The van der Waals surface area contributed by atoms with E-state index < -0.39 is 0 Å². The molecule has 0 aromatic rings. The number of ether oxygens (including phenoxy) is 2. The van der Waals surface area contributed by atoms with Gasteiger partial charge in [-0.25, -0.2) is 0 Å². The molecular weight excluding hydrogens is 296 g/mol. The van der Waals surface area contributed by atoms with Gasteiger partial charge >= 0.3 is 11.9 Å². The lowest BCUT2D eigenvalue weighted by molar-refractivity contribution is -0.144. The molecule has 0 aliphatic carbocycles. The minimum Gasteiger partial charge on any atom is -0.466 e. The lowest BCUT2D eigenvalue weighted by atomic mass is 9.91.